The van der Waals surface area contributed by atoms with E-state index in [1.54, 1.807) is 11.3 Å². The molecule has 0 bridgehead atoms. The minimum atomic E-state index is -0.145. The van der Waals surface area contributed by atoms with Crippen molar-refractivity contribution in [2.24, 2.45) is 0 Å². The van der Waals surface area contributed by atoms with Crippen molar-refractivity contribution in [3.8, 4) is 10.7 Å². The van der Waals surface area contributed by atoms with Crippen LogP contribution < -0.4 is 5.32 Å². The van der Waals surface area contributed by atoms with Gasteiger partial charge in [-0.1, -0.05) is 28.9 Å². The normalized spacial score (nSPS) is 10.6. The molecule has 0 aliphatic heterocycles. The average Bonchev–Trinajstić information content (AvgIpc) is 3.16. The Kier molecular flexibility index (Phi) is 4.02. The zero-order chi connectivity index (χ0) is 15.5. The molecule has 0 aliphatic rings. The van der Waals surface area contributed by atoms with Gasteiger partial charge in [0.1, 0.15) is 0 Å². The maximum Gasteiger partial charge on any atom is 0.251 e. The zero-order valence-corrected chi connectivity index (χ0v) is 13.1. The highest BCUT2D eigenvalue weighted by Gasteiger charge is 2.12. The largest absolute Gasteiger partial charge is 0.343 e. The third-order valence-corrected chi connectivity index (χ3v) is 4.10. The Morgan fingerprint density at radius 3 is 2.91 bits per heavy atom. The molecular weight excluding hydrogens is 298 g/mol. The number of carbonyl (C=O) groups is 1. The van der Waals surface area contributed by atoms with Crippen LogP contribution in [0.3, 0.4) is 0 Å². The molecule has 0 fully saturated rings. The van der Waals surface area contributed by atoms with Crippen LogP contribution >= 0.6 is 11.3 Å². The summed E-state index contributed by atoms with van der Waals surface area (Å²) in [6, 6.07) is 9.58. The van der Waals surface area contributed by atoms with E-state index >= 15 is 0 Å². The first-order valence-electron chi connectivity index (χ1n) is 6.85. The SMILES string of the molecule is Cc1ccc(C(=O)NCc2nc(-c3cccs3)no2)c(C)c1. The number of benzene rings is 1. The van der Waals surface area contributed by atoms with E-state index in [0.29, 0.717) is 17.3 Å². The smallest absolute Gasteiger partial charge is 0.251 e. The Hall–Kier alpha value is -2.47. The highest BCUT2D eigenvalue weighted by molar-refractivity contribution is 7.13. The Balaban J connectivity index is 1.66. The second-order valence-corrected chi connectivity index (χ2v) is 5.94. The molecule has 0 radical (unpaired) electrons. The number of nitrogens with zero attached hydrogens (tertiary/aromatic N) is 2. The Bertz CT molecular complexity index is 794. The van der Waals surface area contributed by atoms with E-state index in [1.807, 2.05) is 49.6 Å². The van der Waals surface area contributed by atoms with Crippen molar-refractivity contribution >= 4 is 17.2 Å². The van der Waals surface area contributed by atoms with Crippen LogP contribution in [0.25, 0.3) is 10.7 Å². The second kappa shape index (κ2) is 6.11. The summed E-state index contributed by atoms with van der Waals surface area (Å²) in [5, 5.41) is 8.67. The average molecular weight is 313 g/mol. The molecule has 1 aromatic carbocycles. The van der Waals surface area contributed by atoms with Gasteiger partial charge in [0, 0.05) is 5.56 Å². The van der Waals surface area contributed by atoms with Crippen molar-refractivity contribution in [2.45, 2.75) is 20.4 Å². The lowest BCUT2D eigenvalue weighted by molar-refractivity contribution is 0.0945. The van der Waals surface area contributed by atoms with Gasteiger partial charge in [-0.05, 0) is 36.9 Å². The van der Waals surface area contributed by atoms with Crippen LogP contribution in [0.2, 0.25) is 0 Å². The number of hydrogen-bond acceptors (Lipinski definition) is 5. The number of amides is 1. The molecule has 6 heteroatoms. The fourth-order valence-electron chi connectivity index (χ4n) is 2.15. The summed E-state index contributed by atoms with van der Waals surface area (Å²) in [5.41, 5.74) is 2.73. The molecule has 5 nitrogen and oxygen atoms in total. The van der Waals surface area contributed by atoms with Crippen molar-refractivity contribution in [1.82, 2.24) is 15.5 Å². The van der Waals surface area contributed by atoms with E-state index in [9.17, 15) is 4.79 Å². The number of nitrogens with one attached hydrogen (secondary N) is 1. The molecule has 2 aromatic heterocycles. The maximum absolute atomic E-state index is 12.2. The van der Waals surface area contributed by atoms with Crippen LogP contribution in [0, 0.1) is 13.8 Å². The quantitative estimate of drug-likeness (QED) is 0.802. The third-order valence-electron chi connectivity index (χ3n) is 3.24. The fraction of sp³-hybridized carbons (Fsp3) is 0.188. The summed E-state index contributed by atoms with van der Waals surface area (Å²) in [6.45, 7) is 4.13. The molecule has 0 saturated heterocycles. The molecule has 0 aliphatic carbocycles. The van der Waals surface area contributed by atoms with Crippen LogP contribution in [0.15, 0.2) is 40.2 Å². The Labute approximate surface area is 132 Å². The van der Waals surface area contributed by atoms with E-state index in [4.69, 9.17) is 4.52 Å². The second-order valence-electron chi connectivity index (χ2n) is 4.99. The molecular formula is C16H15N3O2S. The van der Waals surface area contributed by atoms with Gasteiger partial charge in [0.25, 0.3) is 5.91 Å². The lowest BCUT2D eigenvalue weighted by atomic mass is 10.1. The number of thiophene rings is 1. The van der Waals surface area contributed by atoms with E-state index in [0.717, 1.165) is 16.0 Å². The molecule has 112 valence electrons. The molecule has 1 amide bonds. The van der Waals surface area contributed by atoms with Gasteiger partial charge in [-0.15, -0.1) is 11.3 Å². The summed E-state index contributed by atoms with van der Waals surface area (Å²) < 4.78 is 5.15. The van der Waals surface area contributed by atoms with Gasteiger partial charge < -0.3 is 9.84 Å². The topological polar surface area (TPSA) is 68.0 Å². The van der Waals surface area contributed by atoms with Gasteiger partial charge in [0.15, 0.2) is 0 Å². The minimum absolute atomic E-state index is 0.145. The van der Waals surface area contributed by atoms with E-state index in [1.165, 1.54) is 0 Å². The van der Waals surface area contributed by atoms with Crippen LogP contribution in [0.5, 0.6) is 0 Å². The molecule has 22 heavy (non-hydrogen) atoms. The van der Waals surface area contributed by atoms with Crippen molar-refractivity contribution in [3.63, 3.8) is 0 Å². The monoisotopic (exact) mass is 313 g/mol. The van der Waals surface area contributed by atoms with Gasteiger partial charge in [0.2, 0.25) is 11.7 Å². The Morgan fingerprint density at radius 1 is 1.32 bits per heavy atom. The highest BCUT2D eigenvalue weighted by atomic mass is 32.1. The zero-order valence-electron chi connectivity index (χ0n) is 12.3. The molecule has 3 aromatic rings. The lowest BCUT2D eigenvalue weighted by Gasteiger charge is -2.06. The number of carbonyl (C=O) groups excluding carboxylic acids is 1. The first-order chi connectivity index (χ1) is 10.6. The van der Waals surface area contributed by atoms with Crippen LogP contribution in [0.4, 0.5) is 0 Å². The van der Waals surface area contributed by atoms with Gasteiger partial charge in [-0.3, -0.25) is 4.79 Å². The molecule has 0 atom stereocenters. The van der Waals surface area contributed by atoms with Crippen molar-refractivity contribution in [3.05, 3.63) is 58.3 Å². The van der Waals surface area contributed by atoms with E-state index < -0.39 is 0 Å². The maximum atomic E-state index is 12.2. The number of aromatic nitrogens is 2. The molecule has 1 N–H and O–H groups in total. The van der Waals surface area contributed by atoms with Gasteiger partial charge >= 0.3 is 0 Å². The van der Waals surface area contributed by atoms with Crippen molar-refractivity contribution in [1.29, 1.82) is 0 Å². The van der Waals surface area contributed by atoms with Gasteiger partial charge in [-0.25, -0.2) is 0 Å². The summed E-state index contributed by atoms with van der Waals surface area (Å²) in [7, 11) is 0. The first-order valence-corrected chi connectivity index (χ1v) is 7.73. The van der Waals surface area contributed by atoms with Crippen molar-refractivity contribution in [2.75, 3.05) is 0 Å². The van der Waals surface area contributed by atoms with E-state index in [2.05, 4.69) is 15.5 Å². The predicted molar refractivity (Wildman–Crippen MR) is 84.7 cm³/mol. The minimum Gasteiger partial charge on any atom is -0.343 e. The lowest BCUT2D eigenvalue weighted by Crippen LogP contribution is -2.23. The highest BCUT2D eigenvalue weighted by Crippen LogP contribution is 2.21. The van der Waals surface area contributed by atoms with Crippen molar-refractivity contribution < 1.29 is 9.32 Å². The number of hydrogen-bond donors (Lipinski definition) is 1. The van der Waals surface area contributed by atoms with Crippen LogP contribution in [-0.4, -0.2) is 16.0 Å². The third kappa shape index (κ3) is 3.07. The first kappa shape index (κ1) is 14.5. The molecule has 0 saturated carbocycles. The van der Waals surface area contributed by atoms with Gasteiger partial charge in [-0.2, -0.15) is 4.98 Å². The van der Waals surface area contributed by atoms with E-state index in [-0.39, 0.29) is 12.5 Å². The van der Waals surface area contributed by atoms with Crippen LogP contribution in [0.1, 0.15) is 27.4 Å². The fourth-order valence-corrected chi connectivity index (χ4v) is 2.80. The summed E-state index contributed by atoms with van der Waals surface area (Å²) in [4.78, 5) is 17.4. The number of rotatable bonds is 4. The standard InChI is InChI=1S/C16H15N3O2S/c1-10-5-6-12(11(2)8-10)16(20)17-9-14-18-15(19-21-14)13-4-3-7-22-13/h3-8H,9H2,1-2H3,(H,17,20). The predicted octanol–water partition coefficient (Wildman–Crippen LogP) is 3.34. The molecule has 2 heterocycles. The summed E-state index contributed by atoms with van der Waals surface area (Å²) in [5.74, 6) is 0.792. The molecule has 0 unspecified atom stereocenters. The molecule has 3 rings (SSSR count). The van der Waals surface area contributed by atoms with Crippen LogP contribution in [-0.2, 0) is 6.54 Å². The summed E-state index contributed by atoms with van der Waals surface area (Å²) >= 11 is 1.54. The van der Waals surface area contributed by atoms with Gasteiger partial charge in [0.05, 0.1) is 11.4 Å². The Morgan fingerprint density at radius 2 is 2.18 bits per heavy atom. The number of aryl methyl sites for hydroxylation is 2. The molecule has 0 spiro atoms. The summed E-state index contributed by atoms with van der Waals surface area (Å²) in [6.07, 6.45) is 0.